The molecular weight excluding hydrogens is 168 g/mol. The molecule has 13 heavy (non-hydrogen) atoms. The van der Waals surface area contributed by atoms with Crippen LogP contribution < -0.4 is 11.3 Å². The molecule has 0 radical (unpaired) electrons. The van der Waals surface area contributed by atoms with Crippen LogP contribution in [0.1, 0.15) is 0 Å². The number of rotatable bonds is 2. The number of hydrogen-bond donors (Lipinski definition) is 2. The van der Waals surface area contributed by atoms with Crippen molar-refractivity contribution in [1.29, 1.82) is 0 Å². The summed E-state index contributed by atoms with van der Waals surface area (Å²) in [6, 6.07) is 3.58. The van der Waals surface area contributed by atoms with E-state index in [0.29, 0.717) is 17.3 Å². The lowest BCUT2D eigenvalue weighted by atomic mass is 10.4. The van der Waals surface area contributed by atoms with Gasteiger partial charge < -0.3 is 9.84 Å². The van der Waals surface area contributed by atoms with Crippen molar-refractivity contribution in [3.63, 3.8) is 0 Å². The average molecular weight is 176 g/mol. The van der Waals surface area contributed by atoms with E-state index in [1.165, 1.54) is 0 Å². The molecule has 0 aromatic carbocycles. The Morgan fingerprint density at radius 2 is 2.08 bits per heavy atom. The van der Waals surface area contributed by atoms with E-state index in [2.05, 4.69) is 15.4 Å². The molecule has 0 aliphatic heterocycles. The third kappa shape index (κ3) is 1.50. The van der Waals surface area contributed by atoms with Crippen LogP contribution in [0.25, 0.3) is 11.6 Å². The summed E-state index contributed by atoms with van der Waals surface area (Å²) in [5.41, 5.74) is 3.11. The summed E-state index contributed by atoms with van der Waals surface area (Å²) in [6.07, 6.45) is 4.75. The first-order valence-electron chi connectivity index (χ1n) is 3.72. The predicted octanol–water partition coefficient (Wildman–Crippen LogP) is 1.02. The minimum Gasteiger partial charge on any atom is -0.461 e. The quantitative estimate of drug-likeness (QED) is 0.527. The topological polar surface area (TPSA) is 77.0 Å². The number of hydrogen-bond acceptors (Lipinski definition) is 5. The maximum absolute atomic E-state index is 5.17. The molecular formula is C8H8N4O. The molecule has 66 valence electrons. The number of nitrogens with one attached hydrogen (secondary N) is 1. The summed E-state index contributed by atoms with van der Waals surface area (Å²) >= 11 is 0. The largest absolute Gasteiger partial charge is 0.461 e. The molecule has 0 unspecified atom stereocenters. The Kier molecular flexibility index (Phi) is 1.93. The fourth-order valence-corrected chi connectivity index (χ4v) is 0.936. The molecule has 0 aliphatic rings. The lowest BCUT2D eigenvalue weighted by molar-refractivity contribution is 0.577. The van der Waals surface area contributed by atoms with Crippen LogP contribution >= 0.6 is 0 Å². The number of aromatic nitrogens is 2. The second-order valence-electron chi connectivity index (χ2n) is 2.42. The van der Waals surface area contributed by atoms with Crippen molar-refractivity contribution in [2.24, 2.45) is 5.84 Å². The van der Waals surface area contributed by atoms with Gasteiger partial charge in [-0.3, -0.25) is 5.84 Å². The third-order valence-corrected chi connectivity index (χ3v) is 1.56. The number of hydrazine groups is 1. The van der Waals surface area contributed by atoms with Gasteiger partial charge in [-0.25, -0.2) is 9.97 Å². The molecule has 0 atom stereocenters. The van der Waals surface area contributed by atoms with Gasteiger partial charge in [-0.1, -0.05) is 0 Å². The third-order valence-electron chi connectivity index (χ3n) is 1.56. The van der Waals surface area contributed by atoms with E-state index in [1.54, 1.807) is 30.8 Å². The zero-order valence-corrected chi connectivity index (χ0v) is 6.77. The summed E-state index contributed by atoms with van der Waals surface area (Å²) in [5.74, 6) is 6.35. The van der Waals surface area contributed by atoms with E-state index >= 15 is 0 Å². The molecule has 2 aromatic rings. The molecule has 0 saturated heterocycles. The highest BCUT2D eigenvalue weighted by Crippen LogP contribution is 2.14. The standard InChI is InChI=1S/C8H8N4O/c9-12-6-4-10-8(11-5-6)7-2-1-3-13-7/h1-5,12H,9H2. The highest BCUT2D eigenvalue weighted by Gasteiger charge is 2.02. The van der Waals surface area contributed by atoms with E-state index in [-0.39, 0.29) is 0 Å². The van der Waals surface area contributed by atoms with Crippen molar-refractivity contribution in [2.45, 2.75) is 0 Å². The van der Waals surface area contributed by atoms with Crippen LogP contribution in [-0.2, 0) is 0 Å². The minimum absolute atomic E-state index is 0.545. The lowest BCUT2D eigenvalue weighted by Gasteiger charge is -1.98. The van der Waals surface area contributed by atoms with E-state index in [9.17, 15) is 0 Å². The minimum atomic E-state index is 0.545. The zero-order chi connectivity index (χ0) is 9.10. The maximum atomic E-state index is 5.17. The molecule has 2 aromatic heterocycles. The van der Waals surface area contributed by atoms with Gasteiger partial charge in [-0.05, 0) is 12.1 Å². The van der Waals surface area contributed by atoms with E-state index in [0.717, 1.165) is 0 Å². The summed E-state index contributed by atoms with van der Waals surface area (Å²) in [4.78, 5) is 8.09. The lowest BCUT2D eigenvalue weighted by Crippen LogP contribution is -2.07. The molecule has 5 nitrogen and oxygen atoms in total. The van der Waals surface area contributed by atoms with Crippen LogP contribution in [0.4, 0.5) is 5.69 Å². The second kappa shape index (κ2) is 3.24. The van der Waals surface area contributed by atoms with Gasteiger partial charge in [0.2, 0.25) is 0 Å². The van der Waals surface area contributed by atoms with Crippen LogP contribution in [0, 0.1) is 0 Å². The van der Waals surface area contributed by atoms with Gasteiger partial charge in [0.1, 0.15) is 0 Å². The van der Waals surface area contributed by atoms with Crippen LogP contribution in [0.15, 0.2) is 35.2 Å². The Morgan fingerprint density at radius 3 is 2.62 bits per heavy atom. The molecule has 0 saturated carbocycles. The number of furan rings is 1. The first kappa shape index (κ1) is 7.75. The second-order valence-corrected chi connectivity index (χ2v) is 2.42. The van der Waals surface area contributed by atoms with Crippen LogP contribution in [0.5, 0.6) is 0 Å². The molecule has 0 aliphatic carbocycles. The molecule has 3 N–H and O–H groups in total. The highest BCUT2D eigenvalue weighted by molar-refractivity contribution is 5.48. The monoisotopic (exact) mass is 176 g/mol. The fourth-order valence-electron chi connectivity index (χ4n) is 0.936. The Labute approximate surface area is 74.6 Å². The average Bonchev–Trinajstić information content (AvgIpc) is 2.71. The molecule has 5 heteroatoms. The maximum Gasteiger partial charge on any atom is 0.195 e. The molecule has 2 rings (SSSR count). The number of nitrogen functional groups attached to an aromatic ring is 1. The summed E-state index contributed by atoms with van der Waals surface area (Å²) in [7, 11) is 0. The Bertz CT molecular complexity index is 368. The number of anilines is 1. The molecule has 0 spiro atoms. The first-order valence-corrected chi connectivity index (χ1v) is 3.72. The fraction of sp³-hybridized carbons (Fsp3) is 0. The van der Waals surface area contributed by atoms with Crippen molar-refractivity contribution in [3.8, 4) is 11.6 Å². The van der Waals surface area contributed by atoms with Gasteiger partial charge in [-0.2, -0.15) is 0 Å². The van der Waals surface area contributed by atoms with Crippen LogP contribution in [0.3, 0.4) is 0 Å². The van der Waals surface area contributed by atoms with Crippen LogP contribution in [0.2, 0.25) is 0 Å². The molecule has 0 fully saturated rings. The molecule has 0 bridgehead atoms. The first-order chi connectivity index (χ1) is 6.40. The summed E-state index contributed by atoms with van der Waals surface area (Å²) in [6.45, 7) is 0. The van der Waals surface area contributed by atoms with Crippen LogP contribution in [-0.4, -0.2) is 9.97 Å². The van der Waals surface area contributed by atoms with Gasteiger partial charge in [0.15, 0.2) is 11.6 Å². The smallest absolute Gasteiger partial charge is 0.195 e. The Hall–Kier alpha value is -1.88. The van der Waals surface area contributed by atoms with Crippen molar-refractivity contribution in [2.75, 3.05) is 5.43 Å². The molecule has 0 amide bonds. The summed E-state index contributed by atoms with van der Waals surface area (Å²) in [5, 5.41) is 0. The Morgan fingerprint density at radius 1 is 1.31 bits per heavy atom. The number of nitrogens with zero attached hydrogens (tertiary/aromatic N) is 2. The normalized spacial score (nSPS) is 9.92. The highest BCUT2D eigenvalue weighted by atomic mass is 16.3. The number of nitrogens with two attached hydrogens (primary N) is 1. The van der Waals surface area contributed by atoms with E-state index in [1.807, 2.05) is 0 Å². The van der Waals surface area contributed by atoms with Crippen molar-refractivity contribution < 1.29 is 4.42 Å². The van der Waals surface area contributed by atoms with Gasteiger partial charge >= 0.3 is 0 Å². The van der Waals surface area contributed by atoms with Gasteiger partial charge in [-0.15, -0.1) is 0 Å². The van der Waals surface area contributed by atoms with Gasteiger partial charge in [0.05, 0.1) is 24.3 Å². The van der Waals surface area contributed by atoms with Crippen molar-refractivity contribution >= 4 is 5.69 Å². The summed E-state index contributed by atoms with van der Waals surface area (Å²) < 4.78 is 5.12. The molecule has 2 heterocycles. The van der Waals surface area contributed by atoms with Crippen molar-refractivity contribution in [3.05, 3.63) is 30.8 Å². The van der Waals surface area contributed by atoms with E-state index in [4.69, 9.17) is 10.3 Å². The van der Waals surface area contributed by atoms with Crippen molar-refractivity contribution in [1.82, 2.24) is 9.97 Å². The zero-order valence-electron chi connectivity index (χ0n) is 6.77. The van der Waals surface area contributed by atoms with Gasteiger partial charge in [0, 0.05) is 0 Å². The SMILES string of the molecule is NNc1cnc(-c2ccco2)nc1. The van der Waals surface area contributed by atoms with E-state index < -0.39 is 0 Å². The predicted molar refractivity (Wildman–Crippen MR) is 47.5 cm³/mol. The van der Waals surface area contributed by atoms with Gasteiger partial charge in [0.25, 0.3) is 0 Å². The Balaban J connectivity index is 2.33.